The number of aliphatic hydroxyl groups is 1. The zero-order chi connectivity index (χ0) is 18.6. The maximum absolute atomic E-state index is 10.4. The predicted octanol–water partition coefficient (Wildman–Crippen LogP) is 6.64. The van der Waals surface area contributed by atoms with E-state index in [-0.39, 0.29) is 6.10 Å². The third kappa shape index (κ3) is 21.1. The van der Waals surface area contributed by atoms with E-state index in [1.165, 1.54) is 57.8 Å². The lowest BCUT2D eigenvalue weighted by atomic mass is 10.0. The van der Waals surface area contributed by atoms with E-state index in [0.717, 1.165) is 44.9 Å². The fourth-order valence-electron chi connectivity index (χ4n) is 3.07. The summed E-state index contributed by atoms with van der Waals surface area (Å²) in [5.41, 5.74) is 0. The Morgan fingerprint density at radius 1 is 0.800 bits per heavy atom. The van der Waals surface area contributed by atoms with Crippen LogP contribution in [0.25, 0.3) is 0 Å². The fourth-order valence-corrected chi connectivity index (χ4v) is 3.07. The first-order valence-corrected chi connectivity index (χ1v) is 10.7. The Morgan fingerprint density at radius 3 is 1.96 bits per heavy atom. The Balaban J connectivity index is 3.22. The van der Waals surface area contributed by atoms with Gasteiger partial charge < -0.3 is 10.2 Å². The number of hydrogen-bond donors (Lipinski definition) is 2. The Morgan fingerprint density at radius 2 is 1.36 bits per heavy atom. The number of rotatable bonds is 19. The number of carboxylic acid groups (broad SMARTS) is 1. The summed E-state index contributed by atoms with van der Waals surface area (Å²) < 4.78 is 0. The van der Waals surface area contributed by atoms with Gasteiger partial charge in [-0.25, -0.2) is 0 Å². The molecule has 0 fully saturated rings. The van der Waals surface area contributed by atoms with E-state index in [9.17, 15) is 9.90 Å². The van der Waals surface area contributed by atoms with Crippen molar-refractivity contribution in [2.45, 2.75) is 122 Å². The van der Waals surface area contributed by atoms with Gasteiger partial charge in [-0.3, -0.25) is 4.79 Å². The van der Waals surface area contributed by atoms with Crippen molar-refractivity contribution in [3.63, 3.8) is 0 Å². The number of carbonyl (C=O) groups is 1. The van der Waals surface area contributed by atoms with Crippen molar-refractivity contribution >= 4 is 5.97 Å². The van der Waals surface area contributed by atoms with E-state index in [4.69, 9.17) is 5.11 Å². The molecule has 0 radical (unpaired) electrons. The Hall–Kier alpha value is -0.830. The summed E-state index contributed by atoms with van der Waals surface area (Å²) in [4.78, 5) is 10.4. The lowest BCUT2D eigenvalue weighted by molar-refractivity contribution is -0.137. The third-order valence-corrected chi connectivity index (χ3v) is 4.73. The second-order valence-electron chi connectivity index (χ2n) is 7.32. The molecule has 1 atom stereocenters. The molecule has 25 heavy (non-hydrogen) atoms. The van der Waals surface area contributed by atoms with Crippen LogP contribution in [0, 0.1) is 0 Å². The van der Waals surface area contributed by atoms with Crippen molar-refractivity contribution in [1.82, 2.24) is 0 Å². The Labute approximate surface area is 155 Å². The third-order valence-electron chi connectivity index (χ3n) is 4.73. The van der Waals surface area contributed by atoms with E-state index in [2.05, 4.69) is 19.1 Å². The summed E-state index contributed by atoms with van der Waals surface area (Å²) >= 11 is 0. The molecule has 0 saturated carbocycles. The minimum absolute atomic E-state index is 0.166. The van der Waals surface area contributed by atoms with Gasteiger partial charge in [-0.2, -0.15) is 0 Å². The van der Waals surface area contributed by atoms with Crippen LogP contribution in [0.15, 0.2) is 12.2 Å². The molecule has 0 spiro atoms. The van der Waals surface area contributed by atoms with E-state index in [0.29, 0.717) is 6.42 Å². The molecule has 0 aliphatic heterocycles. The van der Waals surface area contributed by atoms with Gasteiger partial charge >= 0.3 is 5.97 Å². The standard InChI is InChI=1S/C22H42O3/c1-2-3-4-5-9-12-15-18-21(23)19-16-13-10-7-6-8-11-14-17-20-22(24)25/h12,15,21,23H,2-11,13-14,16-20H2,1H3,(H,24,25). The molecule has 0 saturated heterocycles. The molecular weight excluding hydrogens is 312 g/mol. The summed E-state index contributed by atoms with van der Waals surface area (Å²) in [5.74, 6) is -0.676. The predicted molar refractivity (Wildman–Crippen MR) is 107 cm³/mol. The highest BCUT2D eigenvalue weighted by Crippen LogP contribution is 2.13. The van der Waals surface area contributed by atoms with Crippen LogP contribution in [0.2, 0.25) is 0 Å². The SMILES string of the molecule is CCCCCCC=CCC(O)CCCCCCCCCCCC(=O)O. The van der Waals surface area contributed by atoms with Gasteiger partial charge in [0.15, 0.2) is 0 Å². The molecule has 0 aromatic carbocycles. The largest absolute Gasteiger partial charge is 0.481 e. The monoisotopic (exact) mass is 354 g/mol. The first-order chi connectivity index (χ1) is 12.2. The normalized spacial score (nSPS) is 12.7. The number of allylic oxidation sites excluding steroid dienone is 1. The van der Waals surface area contributed by atoms with Crippen molar-refractivity contribution in [3.8, 4) is 0 Å². The molecule has 0 amide bonds. The molecule has 2 N–H and O–H groups in total. The van der Waals surface area contributed by atoms with Gasteiger partial charge in [-0.05, 0) is 32.1 Å². The van der Waals surface area contributed by atoms with Crippen LogP contribution in [-0.4, -0.2) is 22.3 Å². The van der Waals surface area contributed by atoms with Gasteiger partial charge in [-0.15, -0.1) is 0 Å². The quantitative estimate of drug-likeness (QED) is 0.202. The van der Waals surface area contributed by atoms with Gasteiger partial charge in [0.1, 0.15) is 0 Å². The smallest absolute Gasteiger partial charge is 0.303 e. The topological polar surface area (TPSA) is 57.5 Å². The van der Waals surface area contributed by atoms with Crippen molar-refractivity contribution in [2.24, 2.45) is 0 Å². The van der Waals surface area contributed by atoms with Crippen molar-refractivity contribution < 1.29 is 15.0 Å². The van der Waals surface area contributed by atoms with Crippen LogP contribution in [-0.2, 0) is 4.79 Å². The molecule has 0 heterocycles. The van der Waals surface area contributed by atoms with Crippen LogP contribution >= 0.6 is 0 Å². The van der Waals surface area contributed by atoms with Gasteiger partial charge in [0.2, 0.25) is 0 Å². The highest BCUT2D eigenvalue weighted by atomic mass is 16.4. The summed E-state index contributed by atoms with van der Waals surface area (Å²) in [6, 6.07) is 0. The number of carboxylic acids is 1. The minimum atomic E-state index is -0.676. The number of hydrogen-bond acceptors (Lipinski definition) is 2. The van der Waals surface area contributed by atoms with Crippen LogP contribution in [0.4, 0.5) is 0 Å². The highest BCUT2D eigenvalue weighted by Gasteiger charge is 2.01. The summed E-state index contributed by atoms with van der Waals surface area (Å²) in [6.45, 7) is 2.23. The molecule has 1 unspecified atom stereocenters. The van der Waals surface area contributed by atoms with E-state index < -0.39 is 5.97 Å². The molecule has 3 nitrogen and oxygen atoms in total. The van der Waals surface area contributed by atoms with Crippen LogP contribution in [0.1, 0.15) is 116 Å². The first-order valence-electron chi connectivity index (χ1n) is 10.7. The summed E-state index contributed by atoms with van der Waals surface area (Å²) in [5, 5.41) is 18.5. The Bertz CT molecular complexity index is 312. The van der Waals surface area contributed by atoms with Gasteiger partial charge in [0, 0.05) is 6.42 Å². The van der Waals surface area contributed by atoms with E-state index in [1.54, 1.807) is 0 Å². The average Bonchev–Trinajstić information content (AvgIpc) is 2.58. The fraction of sp³-hybridized carbons (Fsp3) is 0.864. The number of unbranched alkanes of at least 4 members (excludes halogenated alkanes) is 12. The zero-order valence-electron chi connectivity index (χ0n) is 16.6. The molecule has 0 aliphatic carbocycles. The summed E-state index contributed by atoms with van der Waals surface area (Å²) in [7, 11) is 0. The lowest BCUT2D eigenvalue weighted by Crippen LogP contribution is -2.04. The molecule has 3 heteroatoms. The molecule has 0 aromatic rings. The minimum Gasteiger partial charge on any atom is -0.481 e. The molecule has 0 aliphatic rings. The van der Waals surface area contributed by atoms with Crippen LogP contribution < -0.4 is 0 Å². The van der Waals surface area contributed by atoms with Gasteiger partial charge in [0.05, 0.1) is 6.10 Å². The second-order valence-corrected chi connectivity index (χ2v) is 7.32. The molecule has 148 valence electrons. The zero-order valence-corrected chi connectivity index (χ0v) is 16.6. The highest BCUT2D eigenvalue weighted by molar-refractivity contribution is 5.66. The lowest BCUT2D eigenvalue weighted by Gasteiger charge is -2.07. The number of aliphatic carboxylic acids is 1. The van der Waals surface area contributed by atoms with Gasteiger partial charge in [0.25, 0.3) is 0 Å². The first kappa shape index (κ1) is 24.2. The van der Waals surface area contributed by atoms with E-state index >= 15 is 0 Å². The maximum atomic E-state index is 10.4. The van der Waals surface area contributed by atoms with Crippen molar-refractivity contribution in [2.75, 3.05) is 0 Å². The average molecular weight is 355 g/mol. The molecule has 0 rings (SSSR count). The van der Waals surface area contributed by atoms with Gasteiger partial charge in [-0.1, -0.05) is 89.7 Å². The van der Waals surface area contributed by atoms with Crippen LogP contribution in [0.5, 0.6) is 0 Å². The second kappa shape index (κ2) is 19.5. The van der Waals surface area contributed by atoms with Crippen molar-refractivity contribution in [3.05, 3.63) is 12.2 Å². The summed E-state index contributed by atoms with van der Waals surface area (Å²) in [6.07, 6.45) is 23.0. The Kier molecular flexibility index (Phi) is 18.8. The van der Waals surface area contributed by atoms with Crippen LogP contribution in [0.3, 0.4) is 0 Å². The molecular formula is C22H42O3. The number of aliphatic hydroxyl groups excluding tert-OH is 1. The molecule has 0 aromatic heterocycles. The molecule has 0 bridgehead atoms. The maximum Gasteiger partial charge on any atom is 0.303 e. The van der Waals surface area contributed by atoms with Crippen molar-refractivity contribution in [1.29, 1.82) is 0 Å². The van der Waals surface area contributed by atoms with E-state index in [1.807, 2.05) is 0 Å².